The van der Waals surface area contributed by atoms with Crippen molar-refractivity contribution < 1.29 is 4.79 Å². The predicted octanol–water partition coefficient (Wildman–Crippen LogP) is 2.54. The van der Waals surface area contributed by atoms with E-state index < -0.39 is 0 Å². The second-order valence-corrected chi connectivity index (χ2v) is 6.96. The molecule has 4 rings (SSSR count). The van der Waals surface area contributed by atoms with Gasteiger partial charge in [0.2, 0.25) is 0 Å². The molecule has 1 saturated heterocycles. The molecule has 0 bridgehead atoms. The Balaban J connectivity index is 1.52. The molecule has 3 aromatic heterocycles. The van der Waals surface area contributed by atoms with Crippen LogP contribution in [0, 0.1) is 0 Å². The lowest BCUT2D eigenvalue weighted by Crippen LogP contribution is -2.49. The van der Waals surface area contributed by atoms with E-state index in [0.717, 1.165) is 35.5 Å². The molecule has 1 fully saturated rings. The fourth-order valence-corrected chi connectivity index (χ4v) is 4.00. The number of amides is 1. The number of aromatic nitrogens is 3. The van der Waals surface area contributed by atoms with Crippen LogP contribution in [0.25, 0.3) is 10.2 Å². The fraction of sp³-hybridized carbons (Fsp3) is 0.353. The number of aryl methyl sites for hydroxylation is 1. The SMILES string of the molecule is CCc1cc2c(N3CCN(C(=O)c4ccc[nH]4)CC3)ncnc2s1. The number of nitrogens with zero attached hydrogens (tertiary/aromatic N) is 4. The Morgan fingerprint density at radius 3 is 2.83 bits per heavy atom. The van der Waals surface area contributed by atoms with E-state index in [1.807, 2.05) is 17.0 Å². The second kappa shape index (κ2) is 6.24. The highest BCUT2D eigenvalue weighted by Crippen LogP contribution is 2.31. The number of carbonyl (C=O) groups is 1. The molecule has 1 N–H and O–H groups in total. The van der Waals surface area contributed by atoms with E-state index in [2.05, 4.69) is 32.8 Å². The van der Waals surface area contributed by atoms with E-state index in [0.29, 0.717) is 18.8 Å². The van der Waals surface area contributed by atoms with Gasteiger partial charge in [-0.25, -0.2) is 9.97 Å². The van der Waals surface area contributed by atoms with Crippen LogP contribution in [0.1, 0.15) is 22.3 Å². The molecule has 4 heterocycles. The van der Waals surface area contributed by atoms with Gasteiger partial charge >= 0.3 is 0 Å². The zero-order valence-electron chi connectivity index (χ0n) is 13.5. The number of aromatic amines is 1. The van der Waals surface area contributed by atoms with Crippen LogP contribution in [0.5, 0.6) is 0 Å². The summed E-state index contributed by atoms with van der Waals surface area (Å²) in [5.41, 5.74) is 0.651. The minimum absolute atomic E-state index is 0.0660. The van der Waals surface area contributed by atoms with Gasteiger partial charge in [0, 0.05) is 37.3 Å². The average molecular weight is 341 g/mol. The number of anilines is 1. The maximum absolute atomic E-state index is 12.4. The summed E-state index contributed by atoms with van der Waals surface area (Å²) >= 11 is 1.73. The molecule has 1 aliphatic rings. The van der Waals surface area contributed by atoms with Crippen molar-refractivity contribution in [2.45, 2.75) is 13.3 Å². The molecule has 0 aromatic carbocycles. The Kier molecular flexibility index (Phi) is 3.93. The van der Waals surface area contributed by atoms with Gasteiger partial charge in [0.1, 0.15) is 22.7 Å². The maximum Gasteiger partial charge on any atom is 0.270 e. The average Bonchev–Trinajstić information content (AvgIpc) is 3.30. The molecule has 7 heteroatoms. The zero-order chi connectivity index (χ0) is 16.5. The van der Waals surface area contributed by atoms with Crippen molar-refractivity contribution in [2.24, 2.45) is 0 Å². The predicted molar refractivity (Wildman–Crippen MR) is 95.7 cm³/mol. The highest BCUT2D eigenvalue weighted by atomic mass is 32.1. The van der Waals surface area contributed by atoms with E-state index in [1.165, 1.54) is 4.88 Å². The van der Waals surface area contributed by atoms with E-state index in [1.54, 1.807) is 23.9 Å². The Labute approximate surface area is 144 Å². The second-order valence-electron chi connectivity index (χ2n) is 5.85. The summed E-state index contributed by atoms with van der Waals surface area (Å²) in [7, 11) is 0. The van der Waals surface area contributed by atoms with Crippen LogP contribution in [0.2, 0.25) is 0 Å². The largest absolute Gasteiger partial charge is 0.357 e. The van der Waals surface area contributed by atoms with Crippen molar-refractivity contribution in [1.82, 2.24) is 19.9 Å². The minimum Gasteiger partial charge on any atom is -0.357 e. The molecule has 124 valence electrons. The van der Waals surface area contributed by atoms with E-state index >= 15 is 0 Å². The summed E-state index contributed by atoms with van der Waals surface area (Å²) in [6, 6.07) is 5.87. The molecular formula is C17H19N5OS. The summed E-state index contributed by atoms with van der Waals surface area (Å²) in [6.07, 6.45) is 4.44. The molecule has 6 nitrogen and oxygen atoms in total. The third-order valence-corrected chi connectivity index (χ3v) is 5.59. The summed E-state index contributed by atoms with van der Waals surface area (Å²) < 4.78 is 0. The molecule has 1 aliphatic heterocycles. The van der Waals surface area contributed by atoms with E-state index in [9.17, 15) is 4.79 Å². The first kappa shape index (κ1) is 15.1. The number of hydrogen-bond acceptors (Lipinski definition) is 5. The van der Waals surface area contributed by atoms with Crippen molar-refractivity contribution in [3.63, 3.8) is 0 Å². The molecule has 0 aliphatic carbocycles. The monoisotopic (exact) mass is 341 g/mol. The first-order chi connectivity index (χ1) is 11.8. The molecular weight excluding hydrogens is 322 g/mol. The van der Waals surface area contributed by atoms with Crippen LogP contribution in [0.3, 0.4) is 0 Å². The molecule has 24 heavy (non-hydrogen) atoms. The first-order valence-corrected chi connectivity index (χ1v) is 8.99. The normalized spacial score (nSPS) is 15.2. The molecule has 0 atom stereocenters. The number of hydrogen-bond donors (Lipinski definition) is 1. The van der Waals surface area contributed by atoms with Gasteiger partial charge in [-0.3, -0.25) is 4.79 Å². The number of carbonyl (C=O) groups excluding carboxylic acids is 1. The highest BCUT2D eigenvalue weighted by Gasteiger charge is 2.24. The molecule has 1 amide bonds. The number of piperazine rings is 1. The quantitative estimate of drug-likeness (QED) is 0.795. The lowest BCUT2D eigenvalue weighted by atomic mass is 10.2. The number of rotatable bonds is 3. The van der Waals surface area contributed by atoms with Gasteiger partial charge in [-0.2, -0.15) is 0 Å². The number of nitrogens with one attached hydrogen (secondary N) is 1. The number of fused-ring (bicyclic) bond motifs is 1. The van der Waals surface area contributed by atoms with E-state index in [-0.39, 0.29) is 5.91 Å². The smallest absolute Gasteiger partial charge is 0.270 e. The van der Waals surface area contributed by atoms with Crippen LogP contribution in [-0.2, 0) is 6.42 Å². The Morgan fingerprint density at radius 1 is 1.29 bits per heavy atom. The van der Waals surface area contributed by atoms with E-state index in [4.69, 9.17) is 0 Å². The maximum atomic E-state index is 12.4. The van der Waals surface area contributed by atoms with Gasteiger partial charge in [0.15, 0.2) is 0 Å². The molecule has 0 saturated carbocycles. The van der Waals surface area contributed by atoms with Gasteiger partial charge in [0.05, 0.1) is 5.39 Å². The minimum atomic E-state index is 0.0660. The zero-order valence-corrected chi connectivity index (χ0v) is 14.3. The Bertz CT molecular complexity index is 849. The van der Waals surface area contributed by atoms with Gasteiger partial charge in [-0.05, 0) is 24.6 Å². The number of thiophene rings is 1. The van der Waals surface area contributed by atoms with Gasteiger partial charge in [-0.1, -0.05) is 6.92 Å². The summed E-state index contributed by atoms with van der Waals surface area (Å²) in [5.74, 6) is 1.05. The van der Waals surface area contributed by atoms with Gasteiger partial charge < -0.3 is 14.8 Å². The van der Waals surface area contributed by atoms with Crippen LogP contribution in [0.15, 0.2) is 30.7 Å². The van der Waals surface area contributed by atoms with Gasteiger partial charge in [-0.15, -0.1) is 11.3 Å². The van der Waals surface area contributed by atoms with Crippen LogP contribution in [-0.4, -0.2) is 51.9 Å². The van der Waals surface area contributed by atoms with Crippen LogP contribution >= 0.6 is 11.3 Å². The summed E-state index contributed by atoms with van der Waals surface area (Å²) in [5, 5.41) is 1.13. The lowest BCUT2D eigenvalue weighted by molar-refractivity contribution is 0.0741. The van der Waals surface area contributed by atoms with Crippen molar-refractivity contribution in [1.29, 1.82) is 0 Å². The van der Waals surface area contributed by atoms with Crippen molar-refractivity contribution in [3.05, 3.63) is 41.3 Å². The molecule has 0 spiro atoms. The van der Waals surface area contributed by atoms with Crippen LogP contribution < -0.4 is 4.90 Å². The highest BCUT2D eigenvalue weighted by molar-refractivity contribution is 7.18. The standard InChI is InChI=1S/C17H19N5OS/c1-2-12-10-13-15(19-11-20-16(13)24-12)21-6-8-22(9-7-21)17(23)14-4-3-5-18-14/h3-5,10-11,18H,2,6-9H2,1H3. The van der Waals surface area contributed by atoms with Gasteiger partial charge in [0.25, 0.3) is 5.91 Å². The third-order valence-electron chi connectivity index (χ3n) is 4.40. The summed E-state index contributed by atoms with van der Waals surface area (Å²) in [6.45, 7) is 5.14. The third kappa shape index (κ3) is 2.65. The van der Waals surface area contributed by atoms with Crippen molar-refractivity contribution in [2.75, 3.05) is 31.1 Å². The molecule has 3 aromatic rings. The Morgan fingerprint density at radius 2 is 2.12 bits per heavy atom. The fourth-order valence-electron chi connectivity index (χ4n) is 3.07. The summed E-state index contributed by atoms with van der Waals surface area (Å²) in [4.78, 5) is 30.8. The van der Waals surface area contributed by atoms with Crippen molar-refractivity contribution >= 4 is 33.3 Å². The molecule has 0 unspecified atom stereocenters. The lowest BCUT2D eigenvalue weighted by Gasteiger charge is -2.35. The topological polar surface area (TPSA) is 65.1 Å². The Hall–Kier alpha value is -2.41. The number of H-pyrrole nitrogens is 1. The molecule has 0 radical (unpaired) electrons. The van der Waals surface area contributed by atoms with Crippen LogP contribution in [0.4, 0.5) is 5.82 Å². The van der Waals surface area contributed by atoms with Crippen molar-refractivity contribution in [3.8, 4) is 0 Å². The first-order valence-electron chi connectivity index (χ1n) is 8.17.